The normalized spacial score (nSPS) is 12.8. The molecule has 2 aromatic rings. The number of carbonyl (C=O) groups excluding carboxylic acids is 1. The smallest absolute Gasteiger partial charge is 0.362 e. The van der Waals surface area contributed by atoms with Crippen LogP contribution < -0.4 is 15.8 Å². The van der Waals surface area contributed by atoms with Gasteiger partial charge in [0.1, 0.15) is 17.6 Å². The van der Waals surface area contributed by atoms with E-state index in [1.54, 1.807) is 25.1 Å². The van der Waals surface area contributed by atoms with Crippen LogP contribution in [0.4, 0.5) is 28.9 Å². The first-order chi connectivity index (χ1) is 16.3. The summed E-state index contributed by atoms with van der Waals surface area (Å²) in [6.45, 7) is 12.0. The summed E-state index contributed by atoms with van der Waals surface area (Å²) in [6.07, 6.45) is 0.244. The van der Waals surface area contributed by atoms with Gasteiger partial charge in [0, 0.05) is 22.9 Å². The van der Waals surface area contributed by atoms with Gasteiger partial charge in [0.25, 0.3) is 0 Å². The van der Waals surface area contributed by atoms with Gasteiger partial charge in [-0.3, -0.25) is 9.78 Å². The number of alkyl halides is 3. The highest BCUT2D eigenvalue weighted by atomic mass is 19.4. The Hall–Kier alpha value is -2.94. The van der Waals surface area contributed by atoms with E-state index < -0.39 is 17.5 Å². The predicted octanol–water partition coefficient (Wildman–Crippen LogP) is 6.58. The fourth-order valence-electron chi connectivity index (χ4n) is 3.61. The van der Waals surface area contributed by atoms with Crippen molar-refractivity contribution in [2.45, 2.75) is 78.2 Å². The van der Waals surface area contributed by atoms with Crippen molar-refractivity contribution in [2.24, 2.45) is 0 Å². The van der Waals surface area contributed by atoms with Crippen LogP contribution in [0.2, 0.25) is 0 Å². The van der Waals surface area contributed by atoms with Crippen molar-refractivity contribution in [1.82, 2.24) is 10.4 Å². The van der Waals surface area contributed by atoms with E-state index >= 15 is 0 Å². The standard InChI is InChI=1S/C26H34F4N4O/c1-7-9-21(8-2)34(24-12-17(3)23(27)13-22(24)18(4)16-35)15-20-11-10-19(14-31-20)32-33-25(5,6)26(28,29)30/h10-14,16,21,32-33H,4,7-9,15H2,1-3,5-6H3. The lowest BCUT2D eigenvalue weighted by molar-refractivity contribution is -0.184. The number of carbonyl (C=O) groups is 1. The minimum Gasteiger partial charge on any atom is -0.362 e. The van der Waals surface area contributed by atoms with Crippen molar-refractivity contribution >= 4 is 23.2 Å². The molecule has 1 aromatic carbocycles. The third kappa shape index (κ3) is 7.04. The van der Waals surface area contributed by atoms with Crippen LogP contribution in [0.25, 0.3) is 5.57 Å². The second kappa shape index (κ2) is 11.7. The summed E-state index contributed by atoms with van der Waals surface area (Å²) in [5, 5.41) is 0. The van der Waals surface area contributed by atoms with Crippen LogP contribution in [0, 0.1) is 12.7 Å². The Labute approximate surface area is 204 Å². The van der Waals surface area contributed by atoms with Crippen molar-refractivity contribution in [3.63, 3.8) is 0 Å². The maximum atomic E-state index is 14.4. The Morgan fingerprint density at radius 1 is 1.23 bits per heavy atom. The molecule has 9 heteroatoms. The monoisotopic (exact) mass is 494 g/mol. The van der Waals surface area contributed by atoms with Crippen LogP contribution in [0.5, 0.6) is 0 Å². The van der Waals surface area contributed by atoms with Crippen molar-refractivity contribution in [1.29, 1.82) is 0 Å². The summed E-state index contributed by atoms with van der Waals surface area (Å²) in [5.41, 5.74) is 5.52. The zero-order valence-electron chi connectivity index (χ0n) is 20.9. The lowest BCUT2D eigenvalue weighted by Crippen LogP contribution is -2.54. The average Bonchev–Trinajstić information content (AvgIpc) is 2.81. The minimum absolute atomic E-state index is 0.0944. The molecule has 1 heterocycles. The molecule has 2 N–H and O–H groups in total. The largest absolute Gasteiger partial charge is 0.407 e. The van der Waals surface area contributed by atoms with E-state index in [0.717, 1.165) is 33.1 Å². The number of aldehydes is 1. The number of hydrogen-bond acceptors (Lipinski definition) is 5. The van der Waals surface area contributed by atoms with Gasteiger partial charge in [0.2, 0.25) is 0 Å². The number of pyridine rings is 1. The van der Waals surface area contributed by atoms with Gasteiger partial charge in [-0.25, -0.2) is 9.82 Å². The fraction of sp³-hybridized carbons (Fsp3) is 0.462. The number of hydrogen-bond donors (Lipinski definition) is 2. The van der Waals surface area contributed by atoms with Gasteiger partial charge in [-0.2, -0.15) is 13.2 Å². The third-order valence-corrected chi connectivity index (χ3v) is 5.99. The predicted molar refractivity (Wildman–Crippen MR) is 133 cm³/mol. The quantitative estimate of drug-likeness (QED) is 0.151. The minimum atomic E-state index is -4.43. The molecule has 1 unspecified atom stereocenters. The lowest BCUT2D eigenvalue weighted by atomic mass is 9.99. The molecular formula is C26H34F4N4O. The van der Waals surface area contributed by atoms with Crippen molar-refractivity contribution in [3.05, 3.63) is 59.7 Å². The second-order valence-corrected chi connectivity index (χ2v) is 9.15. The molecule has 0 aliphatic rings. The van der Waals surface area contributed by atoms with Gasteiger partial charge >= 0.3 is 6.18 Å². The molecule has 0 amide bonds. The molecule has 0 aliphatic carbocycles. The number of allylic oxidation sites excluding steroid dienone is 1. The molecule has 0 saturated carbocycles. The highest BCUT2D eigenvalue weighted by molar-refractivity contribution is 6.08. The van der Waals surface area contributed by atoms with Crippen LogP contribution in [-0.2, 0) is 11.3 Å². The Morgan fingerprint density at radius 2 is 1.91 bits per heavy atom. The first-order valence-corrected chi connectivity index (χ1v) is 11.6. The molecular weight excluding hydrogens is 460 g/mol. The van der Waals surface area contributed by atoms with Crippen LogP contribution in [0.15, 0.2) is 37.0 Å². The SMILES string of the molecule is C=C(C=O)c1cc(F)c(C)cc1N(Cc1ccc(NNC(C)(C)C(F)(F)F)cn1)C(CC)CCC. The molecule has 0 spiro atoms. The maximum Gasteiger partial charge on any atom is 0.407 e. The van der Waals surface area contributed by atoms with Crippen LogP contribution >= 0.6 is 0 Å². The summed E-state index contributed by atoms with van der Waals surface area (Å²) >= 11 is 0. The molecule has 0 bridgehead atoms. The van der Waals surface area contributed by atoms with Crippen molar-refractivity contribution in [3.8, 4) is 0 Å². The third-order valence-electron chi connectivity index (χ3n) is 5.99. The summed E-state index contributed by atoms with van der Waals surface area (Å²) in [7, 11) is 0. The number of benzene rings is 1. The van der Waals surface area contributed by atoms with Gasteiger partial charge in [0.05, 0.1) is 24.1 Å². The molecule has 35 heavy (non-hydrogen) atoms. The maximum absolute atomic E-state index is 14.4. The topological polar surface area (TPSA) is 57.3 Å². The van der Waals surface area contributed by atoms with E-state index in [1.165, 1.54) is 12.3 Å². The summed E-state index contributed by atoms with van der Waals surface area (Å²) < 4.78 is 53.6. The molecule has 5 nitrogen and oxygen atoms in total. The van der Waals surface area contributed by atoms with Gasteiger partial charge < -0.3 is 10.3 Å². The van der Waals surface area contributed by atoms with Crippen LogP contribution in [0.1, 0.15) is 63.8 Å². The van der Waals surface area contributed by atoms with Gasteiger partial charge in [0.15, 0.2) is 0 Å². The second-order valence-electron chi connectivity index (χ2n) is 9.15. The summed E-state index contributed by atoms with van der Waals surface area (Å²) in [5.74, 6) is -0.418. The van der Waals surface area contributed by atoms with Crippen molar-refractivity contribution < 1.29 is 22.4 Å². The number of halogens is 4. The van der Waals surface area contributed by atoms with E-state index in [-0.39, 0.29) is 11.6 Å². The summed E-state index contributed by atoms with van der Waals surface area (Å²) in [4.78, 5) is 18.0. The van der Waals surface area contributed by atoms with Crippen LogP contribution in [-0.4, -0.2) is 29.0 Å². The number of aryl methyl sites for hydroxylation is 1. The van der Waals surface area contributed by atoms with E-state index in [1.807, 2.05) is 0 Å². The number of anilines is 2. The highest BCUT2D eigenvalue weighted by Crippen LogP contribution is 2.33. The van der Waals surface area contributed by atoms with E-state index in [4.69, 9.17) is 0 Å². The number of aromatic nitrogens is 1. The lowest BCUT2D eigenvalue weighted by Gasteiger charge is -2.35. The number of rotatable bonds is 12. The molecule has 0 aliphatic heterocycles. The molecule has 192 valence electrons. The molecule has 0 saturated heterocycles. The summed E-state index contributed by atoms with van der Waals surface area (Å²) in [6, 6.07) is 6.51. The molecule has 0 fully saturated rings. The molecule has 2 rings (SSSR count). The molecule has 1 aromatic heterocycles. The fourth-order valence-corrected chi connectivity index (χ4v) is 3.61. The Morgan fingerprint density at radius 3 is 2.43 bits per heavy atom. The van der Waals surface area contributed by atoms with Crippen LogP contribution in [0.3, 0.4) is 0 Å². The zero-order chi connectivity index (χ0) is 26.4. The Bertz CT molecular complexity index is 1020. The van der Waals surface area contributed by atoms with Gasteiger partial charge in [-0.15, -0.1) is 0 Å². The van der Waals surface area contributed by atoms with E-state index in [9.17, 15) is 22.4 Å². The Balaban J connectivity index is 2.37. The Kier molecular flexibility index (Phi) is 9.43. The van der Waals surface area contributed by atoms with Crippen molar-refractivity contribution in [2.75, 3.05) is 10.3 Å². The average molecular weight is 495 g/mol. The number of nitrogens with one attached hydrogen (secondary N) is 2. The van der Waals surface area contributed by atoms with E-state index in [2.05, 4.69) is 41.2 Å². The first-order valence-electron chi connectivity index (χ1n) is 11.6. The molecule has 0 radical (unpaired) electrons. The number of nitrogens with zero attached hydrogens (tertiary/aromatic N) is 2. The number of hydrazine groups is 1. The van der Waals surface area contributed by atoms with Gasteiger partial charge in [-0.1, -0.05) is 26.8 Å². The molecule has 1 atom stereocenters. The zero-order valence-corrected chi connectivity index (χ0v) is 20.9. The van der Waals surface area contributed by atoms with E-state index in [0.29, 0.717) is 41.0 Å². The van der Waals surface area contributed by atoms with Gasteiger partial charge in [-0.05, 0) is 63.4 Å². The first kappa shape index (κ1) is 28.3. The highest BCUT2D eigenvalue weighted by Gasteiger charge is 2.47.